The van der Waals surface area contributed by atoms with Crippen molar-refractivity contribution in [2.24, 2.45) is 5.92 Å². The molecule has 0 saturated heterocycles. The molecule has 1 fully saturated rings. The highest BCUT2D eigenvalue weighted by Crippen LogP contribution is 2.36. The Morgan fingerprint density at radius 3 is 2.79 bits per heavy atom. The van der Waals surface area contributed by atoms with Gasteiger partial charge < -0.3 is 10.3 Å². The molecule has 1 saturated carbocycles. The molecule has 1 aliphatic carbocycles. The number of aromatic nitrogens is 6. The van der Waals surface area contributed by atoms with E-state index in [1.54, 1.807) is 12.3 Å². The minimum atomic E-state index is -0.206. The minimum absolute atomic E-state index is 0.206. The number of aromatic amines is 2. The molecule has 0 atom stereocenters. The van der Waals surface area contributed by atoms with Crippen LogP contribution in [0.4, 0.5) is 4.39 Å². The summed E-state index contributed by atoms with van der Waals surface area (Å²) in [6, 6.07) is 11.4. The number of hydrogen-bond acceptors (Lipinski definition) is 6. The number of halogens is 1. The van der Waals surface area contributed by atoms with Crippen LogP contribution in [0.5, 0.6) is 0 Å². The monoisotopic (exact) mass is 523 g/mol. The van der Waals surface area contributed by atoms with E-state index in [2.05, 4.69) is 47.6 Å². The van der Waals surface area contributed by atoms with E-state index >= 15 is 0 Å². The SMILES string of the molecule is Fc1ccc(-c2ccnc3[nH]c(-c4n[nH]c5cnc(-c6cncc(CNCC7CCCC7)c6)cc45)cc23)s1. The van der Waals surface area contributed by atoms with Crippen molar-refractivity contribution in [2.45, 2.75) is 32.2 Å². The standard InChI is InChI=1S/C29H26FN7S/c30-27-6-5-26(38-27)20-7-8-33-29-21(20)10-24(35-29)28-22-11-23(34-16-25(22)36-37-28)19-9-18(14-32-15-19)13-31-12-17-3-1-2-4-17/h5-11,14-17,31H,1-4,12-13H2,(H,33,35)(H,36,37). The van der Waals surface area contributed by atoms with Crippen molar-refractivity contribution in [3.05, 3.63) is 71.9 Å². The molecule has 7 nitrogen and oxygen atoms in total. The first-order chi connectivity index (χ1) is 18.7. The van der Waals surface area contributed by atoms with Crippen molar-refractivity contribution in [3.63, 3.8) is 0 Å². The predicted octanol–water partition coefficient (Wildman–Crippen LogP) is 6.71. The van der Waals surface area contributed by atoms with Gasteiger partial charge in [0, 0.05) is 51.9 Å². The van der Waals surface area contributed by atoms with Crippen LogP contribution in [-0.2, 0) is 6.54 Å². The molecule has 6 aromatic heterocycles. The molecule has 0 radical (unpaired) electrons. The molecule has 0 bridgehead atoms. The average Bonchev–Trinajstić information content (AvgIpc) is 3.74. The van der Waals surface area contributed by atoms with Gasteiger partial charge in [-0.25, -0.2) is 4.98 Å². The number of nitrogens with one attached hydrogen (secondary N) is 3. The Hall–Kier alpha value is -3.95. The summed E-state index contributed by atoms with van der Waals surface area (Å²) in [5.41, 5.74) is 7.11. The molecule has 0 unspecified atom stereocenters. The maximum Gasteiger partial charge on any atom is 0.176 e. The fraction of sp³-hybridized carbons (Fsp3) is 0.241. The lowest BCUT2D eigenvalue weighted by molar-refractivity contribution is 0.489. The number of nitrogens with zero attached hydrogens (tertiary/aromatic N) is 4. The number of hydrogen-bond donors (Lipinski definition) is 3. The fourth-order valence-electron chi connectivity index (χ4n) is 5.47. The summed E-state index contributed by atoms with van der Waals surface area (Å²) in [6.07, 6.45) is 12.7. The molecule has 6 aromatic rings. The molecule has 38 heavy (non-hydrogen) atoms. The third-order valence-electron chi connectivity index (χ3n) is 7.40. The van der Waals surface area contributed by atoms with Gasteiger partial charge in [0.05, 0.1) is 23.1 Å². The van der Waals surface area contributed by atoms with Crippen LogP contribution in [0.1, 0.15) is 31.2 Å². The number of pyridine rings is 3. The predicted molar refractivity (Wildman–Crippen MR) is 149 cm³/mol. The number of H-pyrrole nitrogens is 2. The van der Waals surface area contributed by atoms with E-state index in [9.17, 15) is 4.39 Å². The third-order valence-corrected chi connectivity index (χ3v) is 8.31. The van der Waals surface area contributed by atoms with Crippen LogP contribution in [0.15, 0.2) is 61.2 Å². The van der Waals surface area contributed by atoms with Crippen molar-refractivity contribution < 1.29 is 4.39 Å². The Kier molecular flexibility index (Phi) is 5.94. The molecule has 3 N–H and O–H groups in total. The lowest BCUT2D eigenvalue weighted by Crippen LogP contribution is -2.20. The summed E-state index contributed by atoms with van der Waals surface area (Å²) in [4.78, 5) is 17.9. The van der Waals surface area contributed by atoms with Crippen molar-refractivity contribution in [2.75, 3.05) is 6.54 Å². The lowest BCUT2D eigenvalue weighted by Gasteiger charge is -2.11. The quantitative estimate of drug-likeness (QED) is 0.216. The van der Waals surface area contributed by atoms with Gasteiger partial charge in [0.1, 0.15) is 11.3 Å². The highest BCUT2D eigenvalue weighted by atomic mass is 32.1. The van der Waals surface area contributed by atoms with Gasteiger partial charge >= 0.3 is 0 Å². The van der Waals surface area contributed by atoms with Crippen LogP contribution in [0, 0.1) is 11.0 Å². The van der Waals surface area contributed by atoms with E-state index < -0.39 is 0 Å². The zero-order chi connectivity index (χ0) is 25.5. The van der Waals surface area contributed by atoms with Gasteiger partial charge in [0.25, 0.3) is 0 Å². The molecule has 9 heteroatoms. The van der Waals surface area contributed by atoms with Gasteiger partial charge in [-0.05, 0) is 67.3 Å². The van der Waals surface area contributed by atoms with Crippen LogP contribution >= 0.6 is 11.3 Å². The largest absolute Gasteiger partial charge is 0.338 e. The summed E-state index contributed by atoms with van der Waals surface area (Å²) < 4.78 is 13.7. The average molecular weight is 524 g/mol. The van der Waals surface area contributed by atoms with E-state index in [-0.39, 0.29) is 5.13 Å². The molecule has 190 valence electrons. The molecule has 0 aliphatic heterocycles. The molecular weight excluding hydrogens is 497 g/mol. The number of rotatable bonds is 7. The highest BCUT2D eigenvalue weighted by molar-refractivity contribution is 7.14. The van der Waals surface area contributed by atoms with E-state index in [0.717, 1.165) is 90.9 Å². The van der Waals surface area contributed by atoms with Crippen molar-refractivity contribution >= 4 is 33.3 Å². The second kappa shape index (κ2) is 9.74. The Morgan fingerprint density at radius 1 is 1.00 bits per heavy atom. The van der Waals surface area contributed by atoms with Crippen molar-refractivity contribution in [1.29, 1.82) is 0 Å². The molecule has 0 aromatic carbocycles. The summed E-state index contributed by atoms with van der Waals surface area (Å²) >= 11 is 1.13. The van der Waals surface area contributed by atoms with Crippen LogP contribution in [-0.4, -0.2) is 36.7 Å². The van der Waals surface area contributed by atoms with Crippen LogP contribution in [0.25, 0.3) is 55.0 Å². The smallest absolute Gasteiger partial charge is 0.176 e. The lowest BCUT2D eigenvalue weighted by atomic mass is 10.1. The van der Waals surface area contributed by atoms with Crippen molar-refractivity contribution in [3.8, 4) is 33.1 Å². The first-order valence-corrected chi connectivity index (χ1v) is 13.8. The topological polar surface area (TPSA) is 95.2 Å². The Morgan fingerprint density at radius 2 is 1.92 bits per heavy atom. The van der Waals surface area contributed by atoms with Gasteiger partial charge in [-0.3, -0.25) is 15.1 Å². The summed E-state index contributed by atoms with van der Waals surface area (Å²) in [6.45, 7) is 1.87. The van der Waals surface area contributed by atoms with Crippen LogP contribution in [0.3, 0.4) is 0 Å². The zero-order valence-corrected chi connectivity index (χ0v) is 21.5. The second-order valence-electron chi connectivity index (χ2n) is 9.96. The Labute approximate surface area is 222 Å². The fourth-order valence-corrected chi connectivity index (χ4v) is 6.24. The zero-order valence-electron chi connectivity index (χ0n) is 20.7. The number of fused-ring (bicyclic) bond motifs is 2. The summed E-state index contributed by atoms with van der Waals surface area (Å²) in [5.74, 6) is 0.803. The van der Waals surface area contributed by atoms with Gasteiger partial charge in [0.15, 0.2) is 5.13 Å². The van der Waals surface area contributed by atoms with E-state index in [0.29, 0.717) is 0 Å². The van der Waals surface area contributed by atoms with E-state index in [4.69, 9.17) is 0 Å². The maximum atomic E-state index is 13.7. The third kappa shape index (κ3) is 4.37. The van der Waals surface area contributed by atoms with Crippen LogP contribution in [0.2, 0.25) is 0 Å². The summed E-state index contributed by atoms with van der Waals surface area (Å²) in [7, 11) is 0. The summed E-state index contributed by atoms with van der Waals surface area (Å²) in [5, 5.41) is 13.0. The van der Waals surface area contributed by atoms with E-state index in [1.165, 1.54) is 31.7 Å². The first-order valence-electron chi connectivity index (χ1n) is 12.9. The highest BCUT2D eigenvalue weighted by Gasteiger charge is 2.17. The Bertz CT molecular complexity index is 1740. The van der Waals surface area contributed by atoms with E-state index in [1.807, 2.05) is 30.7 Å². The molecule has 0 amide bonds. The van der Waals surface area contributed by atoms with Gasteiger partial charge in [-0.2, -0.15) is 9.49 Å². The molecule has 1 aliphatic rings. The maximum absolute atomic E-state index is 13.7. The normalized spacial score (nSPS) is 14.2. The second-order valence-corrected chi connectivity index (χ2v) is 11.0. The molecule has 6 heterocycles. The molecule has 0 spiro atoms. The van der Waals surface area contributed by atoms with Gasteiger partial charge in [-0.1, -0.05) is 12.8 Å². The number of thiophene rings is 1. The minimum Gasteiger partial charge on any atom is -0.338 e. The molecule has 7 rings (SSSR count). The van der Waals surface area contributed by atoms with Crippen molar-refractivity contribution in [1.82, 2.24) is 35.5 Å². The Balaban J connectivity index is 1.20. The van der Waals surface area contributed by atoms with Gasteiger partial charge in [0.2, 0.25) is 0 Å². The van der Waals surface area contributed by atoms with Crippen LogP contribution < -0.4 is 5.32 Å². The first kappa shape index (κ1) is 23.2. The molecular formula is C29H26FN7S. The van der Waals surface area contributed by atoms with Gasteiger partial charge in [-0.15, -0.1) is 11.3 Å².